The molecule has 1 heterocycles. The van der Waals surface area contributed by atoms with Crippen LogP contribution in [-0.4, -0.2) is 24.5 Å². The molecule has 1 atom stereocenters. The fourth-order valence-electron chi connectivity index (χ4n) is 2.38. The zero-order chi connectivity index (χ0) is 17.5. The molecule has 5 heteroatoms. The summed E-state index contributed by atoms with van der Waals surface area (Å²) >= 11 is 0. The van der Waals surface area contributed by atoms with Crippen LogP contribution in [0.3, 0.4) is 0 Å². The van der Waals surface area contributed by atoms with Crippen molar-refractivity contribution in [1.82, 2.24) is 4.90 Å². The monoisotopic (exact) mass is 319 g/mol. The fourth-order valence-corrected chi connectivity index (χ4v) is 2.38. The molecule has 0 saturated heterocycles. The van der Waals surface area contributed by atoms with E-state index in [1.807, 2.05) is 42.4 Å². The Bertz CT molecular complexity index is 789. The third kappa shape index (κ3) is 3.53. The number of ether oxygens (including phenoxy) is 1. The van der Waals surface area contributed by atoms with E-state index in [9.17, 15) is 15.3 Å². The summed E-state index contributed by atoms with van der Waals surface area (Å²) in [6.45, 7) is 1.93. The van der Waals surface area contributed by atoms with Crippen molar-refractivity contribution in [1.29, 1.82) is 10.5 Å². The van der Waals surface area contributed by atoms with Crippen molar-refractivity contribution in [3.05, 3.63) is 65.5 Å². The highest BCUT2D eigenvalue weighted by Gasteiger charge is 2.21. The summed E-state index contributed by atoms with van der Waals surface area (Å²) in [5.41, 5.74) is 2.59. The first-order valence-electron chi connectivity index (χ1n) is 7.51. The predicted octanol–water partition coefficient (Wildman–Crippen LogP) is 3.11. The molecule has 120 valence electrons. The van der Waals surface area contributed by atoms with Crippen LogP contribution in [0.25, 0.3) is 5.57 Å². The Morgan fingerprint density at radius 2 is 1.96 bits per heavy atom. The standard InChI is InChI=1S/C19H17N3O2/c1-3-24-19(23)17(13-21)15-9-7-14(8-10-15)16(12-20)18-6-4-5-11-22(18)2/h4-11,17H,3H2,1-2H3/b18-16-. The van der Waals surface area contributed by atoms with E-state index in [0.717, 1.165) is 11.3 Å². The summed E-state index contributed by atoms with van der Waals surface area (Å²) in [6, 6.07) is 11.0. The van der Waals surface area contributed by atoms with E-state index in [4.69, 9.17) is 4.74 Å². The van der Waals surface area contributed by atoms with Gasteiger partial charge in [-0.15, -0.1) is 0 Å². The van der Waals surface area contributed by atoms with Gasteiger partial charge in [-0.25, -0.2) is 0 Å². The van der Waals surface area contributed by atoms with Gasteiger partial charge in [0.15, 0.2) is 5.92 Å². The van der Waals surface area contributed by atoms with E-state index < -0.39 is 11.9 Å². The van der Waals surface area contributed by atoms with Crippen LogP contribution in [0.1, 0.15) is 24.0 Å². The molecule has 1 aromatic rings. The molecule has 0 saturated carbocycles. The molecule has 2 rings (SSSR count). The molecule has 0 aliphatic carbocycles. The Kier molecular flexibility index (Phi) is 5.54. The quantitative estimate of drug-likeness (QED) is 0.629. The molecule has 1 aliphatic rings. The lowest BCUT2D eigenvalue weighted by Crippen LogP contribution is -2.14. The Hall–Kier alpha value is -3.31. The maximum Gasteiger partial charge on any atom is 0.327 e. The maximum absolute atomic E-state index is 11.8. The minimum atomic E-state index is -0.961. The summed E-state index contributed by atoms with van der Waals surface area (Å²) in [6.07, 6.45) is 7.49. The number of benzene rings is 1. The molecule has 0 fully saturated rings. The van der Waals surface area contributed by atoms with Gasteiger partial charge in [-0.05, 0) is 30.2 Å². The Morgan fingerprint density at radius 3 is 2.50 bits per heavy atom. The fraction of sp³-hybridized carbons (Fsp3) is 0.211. The third-order valence-corrected chi connectivity index (χ3v) is 3.61. The van der Waals surface area contributed by atoms with Gasteiger partial charge in [-0.1, -0.05) is 30.3 Å². The van der Waals surface area contributed by atoms with E-state index in [2.05, 4.69) is 6.07 Å². The second-order valence-electron chi connectivity index (χ2n) is 5.12. The zero-order valence-electron chi connectivity index (χ0n) is 13.6. The van der Waals surface area contributed by atoms with E-state index in [1.165, 1.54) is 0 Å². The van der Waals surface area contributed by atoms with Gasteiger partial charge in [0.25, 0.3) is 0 Å². The van der Waals surface area contributed by atoms with E-state index in [-0.39, 0.29) is 6.61 Å². The van der Waals surface area contributed by atoms with Gasteiger partial charge in [0, 0.05) is 13.2 Å². The van der Waals surface area contributed by atoms with E-state index >= 15 is 0 Å². The molecule has 0 N–H and O–H groups in total. The SMILES string of the molecule is CCOC(=O)C(C#N)c1ccc(/C(C#N)=C2/C=CC=CN2C)cc1. The largest absolute Gasteiger partial charge is 0.465 e. The van der Waals surface area contributed by atoms with Crippen molar-refractivity contribution in [3.63, 3.8) is 0 Å². The average molecular weight is 319 g/mol. The lowest BCUT2D eigenvalue weighted by molar-refractivity contribution is -0.143. The molecule has 24 heavy (non-hydrogen) atoms. The Labute approximate surface area is 141 Å². The minimum Gasteiger partial charge on any atom is -0.465 e. The van der Waals surface area contributed by atoms with Crippen molar-refractivity contribution in [2.75, 3.05) is 13.7 Å². The topological polar surface area (TPSA) is 77.1 Å². The van der Waals surface area contributed by atoms with Crippen molar-refractivity contribution >= 4 is 11.5 Å². The van der Waals surface area contributed by atoms with Crippen molar-refractivity contribution in [2.45, 2.75) is 12.8 Å². The molecule has 0 spiro atoms. The first-order valence-corrected chi connectivity index (χ1v) is 7.51. The molecule has 1 aromatic carbocycles. The van der Waals surface area contributed by atoms with Gasteiger partial charge >= 0.3 is 5.97 Å². The van der Waals surface area contributed by atoms with Gasteiger partial charge in [0.2, 0.25) is 0 Å². The van der Waals surface area contributed by atoms with Crippen LogP contribution >= 0.6 is 0 Å². The molecular weight excluding hydrogens is 302 g/mol. The van der Waals surface area contributed by atoms with Gasteiger partial charge in [-0.2, -0.15) is 10.5 Å². The van der Waals surface area contributed by atoms with Crippen LogP contribution in [0.2, 0.25) is 0 Å². The number of carbonyl (C=O) groups is 1. The molecular formula is C19H17N3O2. The highest BCUT2D eigenvalue weighted by molar-refractivity contribution is 5.83. The highest BCUT2D eigenvalue weighted by Crippen LogP contribution is 2.25. The van der Waals surface area contributed by atoms with Crippen molar-refractivity contribution in [3.8, 4) is 12.1 Å². The van der Waals surface area contributed by atoms with Gasteiger partial charge < -0.3 is 9.64 Å². The predicted molar refractivity (Wildman–Crippen MR) is 90.0 cm³/mol. The molecule has 1 aliphatic heterocycles. The summed E-state index contributed by atoms with van der Waals surface area (Å²) in [7, 11) is 1.87. The Balaban J connectivity index is 2.35. The molecule has 0 bridgehead atoms. The van der Waals surface area contributed by atoms with E-state index in [0.29, 0.717) is 11.1 Å². The van der Waals surface area contributed by atoms with Crippen molar-refractivity contribution in [2.24, 2.45) is 0 Å². The van der Waals surface area contributed by atoms with Gasteiger partial charge in [0.1, 0.15) is 6.07 Å². The minimum absolute atomic E-state index is 0.228. The number of hydrogen-bond donors (Lipinski definition) is 0. The van der Waals surface area contributed by atoms with Gasteiger partial charge in [-0.3, -0.25) is 4.79 Å². The lowest BCUT2D eigenvalue weighted by atomic mass is 9.96. The summed E-state index contributed by atoms with van der Waals surface area (Å²) in [5, 5.41) is 18.7. The lowest BCUT2D eigenvalue weighted by Gasteiger charge is -2.20. The van der Waals surface area contributed by atoms with Crippen LogP contribution in [0.15, 0.2) is 54.4 Å². The van der Waals surface area contributed by atoms with Crippen LogP contribution in [-0.2, 0) is 9.53 Å². The number of allylic oxidation sites excluding steroid dienone is 4. The highest BCUT2D eigenvalue weighted by atomic mass is 16.5. The third-order valence-electron chi connectivity index (χ3n) is 3.61. The maximum atomic E-state index is 11.8. The van der Waals surface area contributed by atoms with Crippen LogP contribution in [0, 0.1) is 22.7 Å². The summed E-state index contributed by atoms with van der Waals surface area (Å²) < 4.78 is 4.91. The average Bonchev–Trinajstić information content (AvgIpc) is 2.59. The first-order chi connectivity index (χ1) is 11.6. The molecule has 0 amide bonds. The number of nitriles is 2. The number of likely N-dealkylation sites (N-methyl/N-ethyl adjacent to an activating group) is 1. The normalized spacial score (nSPS) is 16.1. The second kappa shape index (κ2) is 7.80. The number of esters is 1. The van der Waals surface area contributed by atoms with Gasteiger partial charge in [0.05, 0.1) is 23.9 Å². The van der Waals surface area contributed by atoms with Crippen molar-refractivity contribution < 1.29 is 9.53 Å². The van der Waals surface area contributed by atoms with Crippen LogP contribution in [0.4, 0.5) is 0 Å². The van der Waals surface area contributed by atoms with Crippen LogP contribution in [0.5, 0.6) is 0 Å². The number of nitrogens with zero attached hydrogens (tertiary/aromatic N) is 3. The van der Waals surface area contributed by atoms with E-state index in [1.54, 1.807) is 31.2 Å². The molecule has 0 aromatic heterocycles. The summed E-state index contributed by atoms with van der Waals surface area (Å²) in [4.78, 5) is 13.7. The zero-order valence-corrected chi connectivity index (χ0v) is 13.6. The first kappa shape index (κ1) is 17.1. The molecule has 5 nitrogen and oxygen atoms in total. The number of carbonyl (C=O) groups excluding carboxylic acids is 1. The molecule has 1 unspecified atom stereocenters. The Morgan fingerprint density at radius 1 is 1.25 bits per heavy atom. The molecule has 0 radical (unpaired) electrons. The second-order valence-corrected chi connectivity index (χ2v) is 5.12. The van der Waals surface area contributed by atoms with Crippen LogP contribution < -0.4 is 0 Å². The smallest absolute Gasteiger partial charge is 0.327 e. The summed E-state index contributed by atoms with van der Waals surface area (Å²) in [5.74, 6) is -1.52. The number of hydrogen-bond acceptors (Lipinski definition) is 5. The number of rotatable bonds is 4.